The zero-order chi connectivity index (χ0) is 11.6. The summed E-state index contributed by atoms with van der Waals surface area (Å²) in [7, 11) is 1.51. The summed E-state index contributed by atoms with van der Waals surface area (Å²) in [4.78, 5) is 13.1. The molecule has 1 aliphatic rings. The molecule has 2 atom stereocenters. The van der Waals surface area contributed by atoms with E-state index in [4.69, 9.17) is 9.47 Å². The second-order valence-electron chi connectivity index (χ2n) is 4.71. The van der Waals surface area contributed by atoms with Gasteiger partial charge in [-0.15, -0.1) is 0 Å². The highest BCUT2D eigenvalue weighted by atomic mass is 16.6. The van der Waals surface area contributed by atoms with Crippen LogP contribution in [0.25, 0.3) is 0 Å². The Labute approximate surface area is 90.0 Å². The zero-order valence-electron chi connectivity index (χ0n) is 9.69. The number of hydrogen-bond donors (Lipinski definition) is 1. The van der Waals surface area contributed by atoms with Crippen LogP contribution in [0.4, 0.5) is 4.79 Å². The van der Waals surface area contributed by atoms with Gasteiger partial charge in [0.15, 0.2) is 0 Å². The van der Waals surface area contributed by atoms with Crippen molar-refractivity contribution >= 4 is 6.09 Å². The fourth-order valence-corrected chi connectivity index (χ4v) is 1.52. The third-order valence-corrected chi connectivity index (χ3v) is 2.13. The maximum Gasteiger partial charge on any atom is 0.412 e. The van der Waals surface area contributed by atoms with Crippen molar-refractivity contribution < 1.29 is 19.4 Å². The number of carbonyl (C=O) groups is 1. The van der Waals surface area contributed by atoms with E-state index in [1.807, 2.05) is 0 Å². The Morgan fingerprint density at radius 1 is 1.47 bits per heavy atom. The van der Waals surface area contributed by atoms with Gasteiger partial charge in [-0.05, 0) is 20.8 Å². The molecule has 1 aliphatic heterocycles. The summed E-state index contributed by atoms with van der Waals surface area (Å²) in [6.45, 7) is 5.69. The maximum atomic E-state index is 11.7. The van der Waals surface area contributed by atoms with E-state index >= 15 is 0 Å². The van der Waals surface area contributed by atoms with Crippen molar-refractivity contribution in [2.45, 2.75) is 45.1 Å². The number of nitrogens with zero attached hydrogens (tertiary/aromatic N) is 1. The lowest BCUT2D eigenvalue weighted by Crippen LogP contribution is -2.40. The summed E-state index contributed by atoms with van der Waals surface area (Å²) in [6, 6.07) is 0. The third-order valence-electron chi connectivity index (χ3n) is 2.13. The molecule has 0 aromatic rings. The van der Waals surface area contributed by atoms with Crippen LogP contribution in [0.5, 0.6) is 0 Å². The van der Waals surface area contributed by atoms with E-state index in [9.17, 15) is 9.90 Å². The number of carbonyl (C=O) groups excluding carboxylic acids is 1. The van der Waals surface area contributed by atoms with E-state index in [2.05, 4.69) is 0 Å². The highest BCUT2D eigenvalue weighted by Gasteiger charge is 2.36. The lowest BCUT2D eigenvalue weighted by Gasteiger charge is -2.27. The van der Waals surface area contributed by atoms with E-state index in [0.717, 1.165) is 0 Å². The van der Waals surface area contributed by atoms with Crippen LogP contribution < -0.4 is 0 Å². The number of likely N-dealkylation sites (tertiary alicyclic amines) is 1. The molecule has 5 nitrogen and oxygen atoms in total. The molecule has 0 spiro atoms. The third kappa shape index (κ3) is 3.35. The van der Waals surface area contributed by atoms with Gasteiger partial charge in [-0.25, -0.2) is 4.79 Å². The first kappa shape index (κ1) is 12.3. The Hall–Kier alpha value is -0.810. The number of amides is 1. The van der Waals surface area contributed by atoms with Crippen LogP contribution in [0.1, 0.15) is 27.2 Å². The zero-order valence-corrected chi connectivity index (χ0v) is 9.69. The first-order valence-electron chi connectivity index (χ1n) is 5.04. The van der Waals surface area contributed by atoms with Crippen molar-refractivity contribution in [3.8, 4) is 0 Å². The fraction of sp³-hybridized carbons (Fsp3) is 0.900. The summed E-state index contributed by atoms with van der Waals surface area (Å²) in [5, 5.41) is 9.42. The molecule has 15 heavy (non-hydrogen) atoms. The Balaban J connectivity index is 2.59. The molecule has 1 saturated heterocycles. The summed E-state index contributed by atoms with van der Waals surface area (Å²) in [5.41, 5.74) is -0.525. The molecule has 0 aromatic heterocycles. The van der Waals surface area contributed by atoms with Gasteiger partial charge in [-0.3, -0.25) is 4.90 Å². The number of methoxy groups -OCH3 is 1. The van der Waals surface area contributed by atoms with Gasteiger partial charge in [0.05, 0.1) is 12.6 Å². The minimum absolute atomic E-state index is 0.271. The minimum Gasteiger partial charge on any atom is -0.444 e. The molecule has 0 saturated carbocycles. The largest absolute Gasteiger partial charge is 0.444 e. The van der Waals surface area contributed by atoms with E-state index < -0.39 is 17.8 Å². The Kier molecular flexibility index (Phi) is 3.57. The lowest BCUT2D eigenvalue weighted by atomic mass is 10.2. The summed E-state index contributed by atoms with van der Waals surface area (Å²) >= 11 is 0. The van der Waals surface area contributed by atoms with Crippen LogP contribution in [-0.2, 0) is 9.47 Å². The minimum atomic E-state index is -0.525. The van der Waals surface area contributed by atoms with Crippen molar-refractivity contribution in [2.75, 3.05) is 13.7 Å². The molecular formula is C10H19NO4. The number of rotatable bonds is 1. The van der Waals surface area contributed by atoms with Gasteiger partial charge in [-0.1, -0.05) is 0 Å². The smallest absolute Gasteiger partial charge is 0.412 e. The molecule has 0 aliphatic carbocycles. The molecule has 1 amide bonds. The summed E-state index contributed by atoms with van der Waals surface area (Å²) < 4.78 is 10.3. The first-order valence-corrected chi connectivity index (χ1v) is 5.04. The molecule has 2 unspecified atom stereocenters. The van der Waals surface area contributed by atoms with Crippen LogP contribution >= 0.6 is 0 Å². The predicted molar refractivity (Wildman–Crippen MR) is 54.4 cm³/mol. The average Bonchev–Trinajstić information content (AvgIpc) is 2.43. The second-order valence-corrected chi connectivity index (χ2v) is 4.71. The molecule has 1 fully saturated rings. The highest BCUT2D eigenvalue weighted by molar-refractivity contribution is 5.68. The van der Waals surface area contributed by atoms with Crippen molar-refractivity contribution in [1.82, 2.24) is 4.90 Å². The van der Waals surface area contributed by atoms with E-state index in [0.29, 0.717) is 6.42 Å². The van der Waals surface area contributed by atoms with Crippen molar-refractivity contribution in [3.63, 3.8) is 0 Å². The normalized spacial score (nSPS) is 26.9. The SMILES string of the molecule is COC1CC(O)CN1C(=O)OC(C)(C)C. The second kappa shape index (κ2) is 4.37. The number of hydrogen-bond acceptors (Lipinski definition) is 4. The molecule has 1 heterocycles. The Bertz CT molecular complexity index is 236. The molecule has 0 radical (unpaired) electrons. The van der Waals surface area contributed by atoms with Crippen LogP contribution in [0.15, 0.2) is 0 Å². The quantitative estimate of drug-likeness (QED) is 0.710. The Morgan fingerprint density at radius 3 is 2.53 bits per heavy atom. The topological polar surface area (TPSA) is 59.0 Å². The van der Waals surface area contributed by atoms with Gasteiger partial charge >= 0.3 is 6.09 Å². The summed E-state index contributed by atoms with van der Waals surface area (Å²) in [5.74, 6) is 0. The standard InChI is InChI=1S/C10H19NO4/c1-10(2,3)15-9(13)11-6-7(12)5-8(11)14-4/h7-8,12H,5-6H2,1-4H3. The molecule has 1 rings (SSSR count). The van der Waals surface area contributed by atoms with E-state index in [1.165, 1.54) is 12.0 Å². The van der Waals surface area contributed by atoms with Gasteiger partial charge in [-0.2, -0.15) is 0 Å². The molecule has 0 aromatic carbocycles. The predicted octanol–water partition coefficient (Wildman–Crippen LogP) is 0.961. The van der Waals surface area contributed by atoms with Gasteiger partial charge in [0, 0.05) is 13.5 Å². The number of β-amino-alcohol motifs (C(OH)–C–C–N with tert-alkyl or cyclic N) is 1. The van der Waals surface area contributed by atoms with Gasteiger partial charge in [0.1, 0.15) is 11.8 Å². The van der Waals surface area contributed by atoms with E-state index in [1.54, 1.807) is 20.8 Å². The van der Waals surface area contributed by atoms with Crippen LogP contribution in [-0.4, -0.2) is 47.7 Å². The maximum absolute atomic E-state index is 11.7. The van der Waals surface area contributed by atoms with Crippen LogP contribution in [0, 0.1) is 0 Å². The lowest BCUT2D eigenvalue weighted by molar-refractivity contribution is -0.0305. The molecular weight excluding hydrogens is 198 g/mol. The van der Waals surface area contributed by atoms with Crippen LogP contribution in [0.3, 0.4) is 0 Å². The van der Waals surface area contributed by atoms with Crippen LogP contribution in [0.2, 0.25) is 0 Å². The summed E-state index contributed by atoms with van der Waals surface area (Å²) in [6.07, 6.45) is -0.904. The van der Waals surface area contributed by atoms with Gasteiger partial charge in [0.2, 0.25) is 0 Å². The number of ether oxygens (including phenoxy) is 2. The van der Waals surface area contributed by atoms with Gasteiger partial charge in [0.25, 0.3) is 0 Å². The fourth-order valence-electron chi connectivity index (χ4n) is 1.52. The molecule has 1 N–H and O–H groups in total. The molecule has 5 heteroatoms. The Morgan fingerprint density at radius 2 is 2.07 bits per heavy atom. The van der Waals surface area contributed by atoms with Crippen molar-refractivity contribution in [2.24, 2.45) is 0 Å². The highest BCUT2D eigenvalue weighted by Crippen LogP contribution is 2.21. The van der Waals surface area contributed by atoms with Crippen molar-refractivity contribution in [3.05, 3.63) is 0 Å². The van der Waals surface area contributed by atoms with Crippen molar-refractivity contribution in [1.29, 1.82) is 0 Å². The number of aliphatic hydroxyl groups is 1. The molecule has 88 valence electrons. The monoisotopic (exact) mass is 217 g/mol. The molecule has 0 bridgehead atoms. The van der Waals surface area contributed by atoms with E-state index in [-0.39, 0.29) is 12.8 Å². The van der Waals surface area contributed by atoms with Gasteiger partial charge < -0.3 is 14.6 Å². The average molecular weight is 217 g/mol. The first-order chi connectivity index (χ1) is 6.83. The number of aliphatic hydroxyl groups excluding tert-OH is 1.